The second kappa shape index (κ2) is 11.5. The number of benzene rings is 2. The van der Waals surface area contributed by atoms with Gasteiger partial charge in [-0.3, -0.25) is 4.79 Å². The van der Waals surface area contributed by atoms with Crippen molar-refractivity contribution < 1.29 is 18.3 Å². The number of carboxylic acids is 1. The number of hydrogen-bond acceptors (Lipinski definition) is 6. The molecule has 0 saturated heterocycles. The highest BCUT2D eigenvalue weighted by molar-refractivity contribution is 7.92. The summed E-state index contributed by atoms with van der Waals surface area (Å²) < 4.78 is 28.5. The number of aliphatic carboxylic acids is 1. The molecule has 0 unspecified atom stereocenters. The molecule has 36 heavy (non-hydrogen) atoms. The summed E-state index contributed by atoms with van der Waals surface area (Å²) in [5, 5.41) is 12.9. The van der Waals surface area contributed by atoms with E-state index < -0.39 is 21.9 Å². The van der Waals surface area contributed by atoms with Gasteiger partial charge in [0.2, 0.25) is 0 Å². The molecule has 0 radical (unpaired) electrons. The molecule has 10 heteroatoms. The molecule has 7 nitrogen and oxygen atoms in total. The van der Waals surface area contributed by atoms with Crippen molar-refractivity contribution in [2.75, 3.05) is 5.32 Å². The first-order chi connectivity index (χ1) is 17.3. The summed E-state index contributed by atoms with van der Waals surface area (Å²) in [7, 11) is -4.00. The van der Waals surface area contributed by atoms with Gasteiger partial charge in [0.15, 0.2) is 0 Å². The molecule has 184 valence electrons. The molecule has 2 heterocycles. The number of thiophene rings is 1. The van der Waals surface area contributed by atoms with Crippen molar-refractivity contribution in [3.63, 3.8) is 0 Å². The van der Waals surface area contributed by atoms with E-state index in [4.69, 9.17) is 11.6 Å². The van der Waals surface area contributed by atoms with Gasteiger partial charge in [-0.05, 0) is 59.0 Å². The Morgan fingerprint density at radius 2 is 1.83 bits per heavy atom. The van der Waals surface area contributed by atoms with Gasteiger partial charge >= 0.3 is 5.97 Å². The molecule has 2 aromatic carbocycles. The summed E-state index contributed by atoms with van der Waals surface area (Å²) in [4.78, 5) is 16.0. The lowest BCUT2D eigenvalue weighted by Crippen LogP contribution is -2.18. The molecule has 1 atom stereocenters. The first-order valence-electron chi connectivity index (χ1n) is 10.9. The zero-order chi connectivity index (χ0) is 25.5. The van der Waals surface area contributed by atoms with E-state index in [9.17, 15) is 18.3 Å². The van der Waals surface area contributed by atoms with Crippen molar-refractivity contribution in [1.82, 2.24) is 4.98 Å². The van der Waals surface area contributed by atoms with E-state index in [1.54, 1.807) is 6.20 Å². The molecular weight excluding hydrogens is 518 g/mol. The van der Waals surface area contributed by atoms with Gasteiger partial charge < -0.3 is 10.4 Å². The third kappa shape index (κ3) is 6.78. The number of sulfonamides is 1. The SMILES string of the molecule is O=C(O)[C@@H](/C=N/S(=O)(=O)c1ccc(Cl)s1)Cc1ccc(-c2cccc(CNc3ccccn3)c2)cc1. The van der Waals surface area contributed by atoms with Crippen LogP contribution in [0.5, 0.6) is 0 Å². The van der Waals surface area contributed by atoms with E-state index in [2.05, 4.69) is 20.8 Å². The maximum Gasteiger partial charge on any atom is 0.312 e. The number of carbonyl (C=O) groups is 1. The standard InChI is InChI=1S/C26H22ClN3O4S2/c27-23-11-12-25(35-23)36(33,34)30-17-22(26(31)32)14-18-7-9-20(10-8-18)21-5-3-4-19(15-21)16-29-24-6-1-2-13-28-24/h1-13,15,17,22H,14,16H2,(H,28,29)(H,31,32)/b30-17+/t22-/m1/s1. The molecule has 0 aliphatic rings. The average molecular weight is 540 g/mol. The first-order valence-corrected chi connectivity index (χ1v) is 13.6. The number of carboxylic acid groups (broad SMARTS) is 1. The Labute approximate surface area is 218 Å². The van der Waals surface area contributed by atoms with E-state index in [1.165, 1.54) is 12.1 Å². The lowest BCUT2D eigenvalue weighted by Gasteiger charge is -2.10. The van der Waals surface area contributed by atoms with E-state index >= 15 is 0 Å². The van der Waals surface area contributed by atoms with Gasteiger partial charge in [-0.25, -0.2) is 4.98 Å². The van der Waals surface area contributed by atoms with Crippen molar-refractivity contribution >= 4 is 51.0 Å². The maximum absolute atomic E-state index is 12.3. The van der Waals surface area contributed by atoms with Gasteiger partial charge in [-0.1, -0.05) is 60.1 Å². The lowest BCUT2D eigenvalue weighted by atomic mass is 9.97. The van der Waals surface area contributed by atoms with E-state index in [0.29, 0.717) is 10.9 Å². The highest BCUT2D eigenvalue weighted by Crippen LogP contribution is 2.27. The smallest absolute Gasteiger partial charge is 0.312 e. The number of nitrogens with zero attached hydrogens (tertiary/aromatic N) is 2. The monoisotopic (exact) mass is 539 g/mol. The van der Waals surface area contributed by atoms with Crippen LogP contribution in [0.25, 0.3) is 11.1 Å². The fraction of sp³-hybridized carbons (Fsp3) is 0.115. The van der Waals surface area contributed by atoms with Crippen molar-refractivity contribution in [1.29, 1.82) is 0 Å². The summed E-state index contributed by atoms with van der Waals surface area (Å²) in [5.41, 5.74) is 3.86. The number of hydrogen-bond donors (Lipinski definition) is 2. The highest BCUT2D eigenvalue weighted by Gasteiger charge is 2.20. The highest BCUT2D eigenvalue weighted by atomic mass is 35.5. The van der Waals surface area contributed by atoms with Crippen LogP contribution < -0.4 is 5.32 Å². The van der Waals surface area contributed by atoms with Crippen LogP contribution in [0.4, 0.5) is 5.82 Å². The molecule has 0 saturated carbocycles. The zero-order valence-electron chi connectivity index (χ0n) is 18.9. The molecule has 0 aliphatic heterocycles. The molecule has 4 rings (SSSR count). The lowest BCUT2D eigenvalue weighted by molar-refractivity contribution is -0.139. The first kappa shape index (κ1) is 25.6. The average Bonchev–Trinajstić information content (AvgIpc) is 3.33. The fourth-order valence-electron chi connectivity index (χ4n) is 3.45. The number of rotatable bonds is 10. The van der Waals surface area contributed by atoms with Crippen LogP contribution in [-0.2, 0) is 27.8 Å². The predicted molar refractivity (Wildman–Crippen MR) is 143 cm³/mol. The Kier molecular flexibility index (Phi) is 8.14. The Morgan fingerprint density at radius 3 is 2.50 bits per heavy atom. The van der Waals surface area contributed by atoms with Crippen molar-refractivity contribution in [3.8, 4) is 11.1 Å². The van der Waals surface area contributed by atoms with E-state index in [1.807, 2.05) is 60.7 Å². The maximum atomic E-state index is 12.3. The van der Waals surface area contributed by atoms with Crippen LogP contribution in [-0.4, -0.2) is 30.7 Å². The van der Waals surface area contributed by atoms with Gasteiger partial charge in [0, 0.05) is 19.0 Å². The summed E-state index contributed by atoms with van der Waals surface area (Å²) in [6.45, 7) is 0.628. The van der Waals surface area contributed by atoms with Crippen LogP contribution in [0, 0.1) is 5.92 Å². The minimum atomic E-state index is -4.00. The Bertz CT molecular complexity index is 1470. The minimum absolute atomic E-state index is 0.0327. The number of anilines is 1. The molecule has 0 amide bonds. The van der Waals surface area contributed by atoms with Gasteiger partial charge in [-0.15, -0.1) is 11.3 Å². The van der Waals surface area contributed by atoms with E-state index in [0.717, 1.165) is 45.6 Å². The third-order valence-electron chi connectivity index (χ3n) is 5.31. The van der Waals surface area contributed by atoms with Gasteiger partial charge in [0.1, 0.15) is 10.0 Å². The van der Waals surface area contributed by atoms with Crippen LogP contribution in [0.3, 0.4) is 0 Å². The molecule has 4 aromatic rings. The fourth-order valence-corrected chi connectivity index (χ4v) is 5.84. The predicted octanol–water partition coefficient (Wildman–Crippen LogP) is 5.78. The molecule has 0 aliphatic carbocycles. The van der Waals surface area contributed by atoms with Crippen LogP contribution >= 0.6 is 22.9 Å². The van der Waals surface area contributed by atoms with Gasteiger partial charge in [0.25, 0.3) is 10.0 Å². The largest absolute Gasteiger partial charge is 0.481 e. The van der Waals surface area contributed by atoms with E-state index in [-0.39, 0.29) is 10.6 Å². The molecule has 0 bridgehead atoms. The number of nitrogens with one attached hydrogen (secondary N) is 1. The Morgan fingerprint density at radius 1 is 1.03 bits per heavy atom. The second-order valence-corrected chi connectivity index (χ2v) is 11.5. The van der Waals surface area contributed by atoms with Crippen LogP contribution in [0.15, 0.2) is 93.7 Å². The summed E-state index contributed by atoms with van der Waals surface area (Å²) in [6, 6.07) is 24.1. The summed E-state index contributed by atoms with van der Waals surface area (Å²) in [5.74, 6) is -1.45. The van der Waals surface area contributed by atoms with Gasteiger partial charge in [0.05, 0.1) is 10.3 Å². The summed E-state index contributed by atoms with van der Waals surface area (Å²) >= 11 is 6.67. The zero-order valence-corrected chi connectivity index (χ0v) is 21.3. The topological polar surface area (TPSA) is 109 Å². The van der Waals surface area contributed by atoms with Crippen molar-refractivity contribution in [3.05, 3.63) is 101 Å². The minimum Gasteiger partial charge on any atom is -0.481 e. The Balaban J connectivity index is 1.43. The normalized spacial score (nSPS) is 12.5. The molecular formula is C26H22ClN3O4S2. The second-order valence-electron chi connectivity index (χ2n) is 7.90. The molecule has 0 spiro atoms. The summed E-state index contributed by atoms with van der Waals surface area (Å²) in [6.07, 6.45) is 2.81. The van der Waals surface area contributed by atoms with Crippen molar-refractivity contribution in [2.24, 2.45) is 10.3 Å². The van der Waals surface area contributed by atoms with Crippen LogP contribution in [0.1, 0.15) is 11.1 Å². The number of pyridine rings is 1. The van der Waals surface area contributed by atoms with Crippen LogP contribution in [0.2, 0.25) is 4.34 Å². The molecule has 2 N–H and O–H groups in total. The molecule has 0 fully saturated rings. The van der Waals surface area contributed by atoms with Gasteiger partial charge in [-0.2, -0.15) is 12.8 Å². The third-order valence-corrected chi connectivity index (χ3v) is 8.26. The Hall–Kier alpha value is -3.53. The van der Waals surface area contributed by atoms with Crippen molar-refractivity contribution in [2.45, 2.75) is 17.2 Å². The number of halogens is 1. The number of aromatic nitrogens is 1. The molecule has 2 aromatic heterocycles. The quantitative estimate of drug-likeness (QED) is 0.247.